The summed E-state index contributed by atoms with van der Waals surface area (Å²) in [6, 6.07) is 21.9. The zero-order valence-electron chi connectivity index (χ0n) is 31.1. The van der Waals surface area contributed by atoms with Gasteiger partial charge in [0.15, 0.2) is 0 Å². The van der Waals surface area contributed by atoms with E-state index in [9.17, 15) is 35.5 Å². The van der Waals surface area contributed by atoms with E-state index in [1.54, 1.807) is 6.07 Å². The molecule has 5 rings (SSSR count). The van der Waals surface area contributed by atoms with Crippen LogP contribution < -0.4 is 10.4 Å². The van der Waals surface area contributed by atoms with Crippen LogP contribution in [0.5, 0.6) is 0 Å². The van der Waals surface area contributed by atoms with Crippen LogP contribution in [0.25, 0.3) is 11.1 Å². The molecule has 0 aliphatic carbocycles. The molecule has 0 bridgehead atoms. The molecule has 1 atom stereocenters. The number of carbonyl (C=O) groups is 3. The second-order valence-electron chi connectivity index (χ2n) is 14.6. The number of amides is 1. The summed E-state index contributed by atoms with van der Waals surface area (Å²) in [5.41, 5.74) is 5.42. The number of likely N-dealkylation sites (N-methyl/N-ethyl adjacent to an activating group) is 1. The van der Waals surface area contributed by atoms with Crippen molar-refractivity contribution in [3.8, 4) is 11.1 Å². The average molecular weight is 785 g/mol. The summed E-state index contributed by atoms with van der Waals surface area (Å²) in [5, 5.41) is 19.0. The van der Waals surface area contributed by atoms with Crippen LogP contribution in [0.4, 0.5) is 30.7 Å². The third-order valence-electron chi connectivity index (χ3n) is 9.64. The molecule has 0 spiro atoms. The highest BCUT2D eigenvalue weighted by atomic mass is 19.4. The van der Waals surface area contributed by atoms with Crippen LogP contribution >= 0.6 is 0 Å². The number of benzene rings is 3. The quantitative estimate of drug-likeness (QED) is 0.229. The number of hydrogen-bond acceptors (Lipinski definition) is 6. The van der Waals surface area contributed by atoms with Gasteiger partial charge >= 0.3 is 18.3 Å². The highest BCUT2D eigenvalue weighted by Crippen LogP contribution is 2.27. The number of likely N-dealkylation sites (tertiary alicyclic amines) is 1. The average Bonchev–Trinajstić information content (AvgIpc) is 3.10. The number of hydrogen-bond donors (Lipinski definition) is 2. The molecular formula is C39H47F7N4O5. The van der Waals surface area contributed by atoms with Crippen molar-refractivity contribution in [2.75, 3.05) is 53.9 Å². The number of piperidine rings is 1. The number of nitrogens with zero attached hydrogens (tertiary/aromatic N) is 3. The molecule has 0 radical (unpaired) electrons. The van der Waals surface area contributed by atoms with E-state index in [1.807, 2.05) is 36.4 Å². The molecule has 9 nitrogen and oxygen atoms in total. The van der Waals surface area contributed by atoms with Crippen molar-refractivity contribution >= 4 is 17.8 Å². The first-order valence-electron chi connectivity index (χ1n) is 17.6. The van der Waals surface area contributed by atoms with Gasteiger partial charge in [0, 0.05) is 49.9 Å². The molecule has 0 saturated carbocycles. The number of piperazine rings is 1. The predicted octanol–water partition coefficient (Wildman–Crippen LogP) is 5.52. The molecule has 2 aliphatic rings. The van der Waals surface area contributed by atoms with Crippen LogP contribution in [0, 0.1) is 11.7 Å². The molecule has 2 heterocycles. The molecular weight excluding hydrogens is 737 g/mol. The Morgan fingerprint density at radius 1 is 0.873 bits per heavy atom. The molecule has 2 fully saturated rings. The highest BCUT2D eigenvalue weighted by molar-refractivity contribution is 5.94. The van der Waals surface area contributed by atoms with Crippen molar-refractivity contribution in [2.24, 2.45) is 5.92 Å². The summed E-state index contributed by atoms with van der Waals surface area (Å²) in [7, 11) is 6.78. The van der Waals surface area contributed by atoms with Crippen LogP contribution in [-0.4, -0.2) is 109 Å². The Morgan fingerprint density at radius 2 is 1.47 bits per heavy atom. The standard InChI is InChI=1S/C35H45FN4O.2C2HF3O2/c1-26-24-39(16-15-38(26)2)25-30-8-6-9-31(21-30)33-22-29(11-12-34(33)36)23-37-35(41)32-10-5-7-28(20-32)19-27-13-17-40(3,4)18-14-27;2*3-2(4,5)1(6)7/h5-12,20-22,26-27H,13-19,23-25H2,1-4H3;2*(H,6,7)/t26-;;/m0../s1. The van der Waals surface area contributed by atoms with E-state index in [4.69, 9.17) is 19.8 Å². The van der Waals surface area contributed by atoms with Crippen LogP contribution in [0.2, 0.25) is 0 Å². The number of quaternary nitrogens is 1. The fourth-order valence-corrected chi connectivity index (χ4v) is 6.25. The van der Waals surface area contributed by atoms with E-state index in [0.29, 0.717) is 29.6 Å². The second-order valence-corrected chi connectivity index (χ2v) is 14.6. The number of halogens is 7. The minimum Gasteiger partial charge on any atom is -0.542 e. The van der Waals surface area contributed by atoms with Gasteiger partial charge in [0.25, 0.3) is 5.91 Å². The van der Waals surface area contributed by atoms with Crippen molar-refractivity contribution in [1.29, 1.82) is 0 Å². The van der Waals surface area contributed by atoms with Crippen molar-refractivity contribution in [3.05, 3.63) is 94.8 Å². The molecule has 3 aromatic rings. The summed E-state index contributed by atoms with van der Waals surface area (Å²) in [6.45, 7) is 9.03. The summed E-state index contributed by atoms with van der Waals surface area (Å²) >= 11 is 0. The monoisotopic (exact) mass is 784 g/mol. The van der Waals surface area contributed by atoms with Crippen molar-refractivity contribution in [3.63, 3.8) is 0 Å². The first-order chi connectivity index (χ1) is 25.5. The van der Waals surface area contributed by atoms with Crippen LogP contribution in [-0.2, 0) is 29.1 Å². The Labute approximate surface area is 315 Å². The summed E-state index contributed by atoms with van der Waals surface area (Å²) < 4.78 is 79.4. The zero-order valence-corrected chi connectivity index (χ0v) is 31.1. The normalized spacial score (nSPS) is 17.9. The third-order valence-corrected chi connectivity index (χ3v) is 9.64. The summed E-state index contributed by atoms with van der Waals surface area (Å²) in [6.07, 6.45) is -6.79. The minimum atomic E-state index is -5.19. The van der Waals surface area contributed by atoms with Gasteiger partial charge in [-0.15, -0.1) is 0 Å². The molecule has 302 valence electrons. The van der Waals surface area contributed by atoms with Crippen molar-refractivity contribution in [2.45, 2.75) is 57.7 Å². The maximum atomic E-state index is 15.0. The van der Waals surface area contributed by atoms with Crippen LogP contribution in [0.3, 0.4) is 0 Å². The maximum Gasteiger partial charge on any atom is 0.490 e. The van der Waals surface area contributed by atoms with Gasteiger partial charge in [-0.25, -0.2) is 9.18 Å². The van der Waals surface area contributed by atoms with Gasteiger partial charge in [0.2, 0.25) is 0 Å². The van der Waals surface area contributed by atoms with Crippen molar-refractivity contribution in [1.82, 2.24) is 15.1 Å². The van der Waals surface area contributed by atoms with Gasteiger partial charge in [0.05, 0.1) is 27.2 Å². The van der Waals surface area contributed by atoms with Gasteiger partial charge in [-0.3, -0.25) is 9.69 Å². The molecule has 2 aliphatic heterocycles. The zero-order chi connectivity index (χ0) is 41.1. The number of nitrogens with one attached hydrogen (secondary N) is 1. The fourth-order valence-electron chi connectivity index (χ4n) is 6.25. The molecule has 0 aromatic heterocycles. The molecule has 3 aromatic carbocycles. The molecule has 1 amide bonds. The fraction of sp³-hybridized carbons (Fsp3) is 0.462. The highest BCUT2D eigenvalue weighted by Gasteiger charge is 2.38. The number of alkyl halides is 6. The Balaban J connectivity index is 0.000000494. The number of carboxylic acid groups (broad SMARTS) is 2. The lowest BCUT2D eigenvalue weighted by Gasteiger charge is -2.37. The van der Waals surface area contributed by atoms with E-state index in [2.05, 4.69) is 61.4 Å². The van der Waals surface area contributed by atoms with E-state index in [-0.39, 0.29) is 11.7 Å². The van der Waals surface area contributed by atoms with Gasteiger partial charge in [0.1, 0.15) is 11.8 Å². The minimum absolute atomic E-state index is 0.0948. The van der Waals surface area contributed by atoms with Gasteiger partial charge in [-0.2, -0.15) is 26.3 Å². The van der Waals surface area contributed by atoms with Gasteiger partial charge in [-0.05, 0) is 91.7 Å². The molecule has 2 saturated heterocycles. The maximum absolute atomic E-state index is 15.0. The third kappa shape index (κ3) is 14.9. The van der Waals surface area contributed by atoms with Crippen LogP contribution in [0.1, 0.15) is 46.8 Å². The number of carbonyl (C=O) groups excluding carboxylic acids is 2. The number of aliphatic carboxylic acids is 2. The van der Waals surface area contributed by atoms with E-state index < -0.39 is 24.3 Å². The largest absolute Gasteiger partial charge is 0.542 e. The Morgan fingerprint density at radius 3 is 2.05 bits per heavy atom. The van der Waals surface area contributed by atoms with Gasteiger partial charge < -0.3 is 29.7 Å². The molecule has 55 heavy (non-hydrogen) atoms. The second kappa shape index (κ2) is 19.4. The molecule has 0 unspecified atom stereocenters. The van der Waals surface area contributed by atoms with E-state index in [0.717, 1.165) is 48.2 Å². The van der Waals surface area contributed by atoms with Gasteiger partial charge in [-0.1, -0.05) is 36.4 Å². The smallest absolute Gasteiger partial charge is 0.490 e. The SMILES string of the molecule is C[C@H]1CN(Cc2cccc(-c3cc(CNC(=O)c4cccc(CC5CC[N+](C)(C)CC5)c4)ccc3F)c2)CCN1C.O=C(O)C(F)(F)F.O=C([O-])C(F)(F)F. The summed E-state index contributed by atoms with van der Waals surface area (Å²) in [4.78, 5) is 35.6. The van der Waals surface area contributed by atoms with Crippen LogP contribution in [0.15, 0.2) is 66.7 Å². The lowest BCUT2D eigenvalue weighted by molar-refractivity contribution is -0.896. The van der Waals surface area contributed by atoms with E-state index >= 15 is 0 Å². The Kier molecular flexibility index (Phi) is 15.8. The first kappa shape index (κ1) is 44.9. The first-order valence-corrected chi connectivity index (χ1v) is 17.6. The molecule has 16 heteroatoms. The summed E-state index contributed by atoms with van der Waals surface area (Å²) in [5.74, 6) is -5.42. The lowest BCUT2D eigenvalue weighted by atomic mass is 9.89. The lowest BCUT2D eigenvalue weighted by Crippen LogP contribution is -2.49. The predicted molar refractivity (Wildman–Crippen MR) is 190 cm³/mol. The molecule has 2 N–H and O–H groups in total. The van der Waals surface area contributed by atoms with E-state index in [1.165, 1.54) is 43.1 Å². The Bertz CT molecular complexity index is 1730. The topological polar surface area (TPSA) is 113 Å². The Hall–Kier alpha value is -4.54. The number of rotatable bonds is 8. The number of carboxylic acids is 2. The van der Waals surface area contributed by atoms with Crippen molar-refractivity contribution < 1.29 is 59.8 Å².